The second-order valence-corrected chi connectivity index (χ2v) is 6.30. The third-order valence-electron chi connectivity index (χ3n) is 4.77. The Morgan fingerprint density at radius 3 is 2.21 bits per heavy atom. The molecule has 3 rings (SSSR count). The Bertz CT molecular complexity index is 655. The Kier molecular flexibility index (Phi) is 5.19. The summed E-state index contributed by atoms with van der Waals surface area (Å²) in [4.78, 5) is 13.0. The fourth-order valence-corrected chi connectivity index (χ4v) is 3.50. The van der Waals surface area contributed by atoms with Crippen LogP contribution in [0, 0.1) is 0 Å². The fourth-order valence-electron chi connectivity index (χ4n) is 3.50. The first-order valence-electron chi connectivity index (χ1n) is 8.75. The van der Waals surface area contributed by atoms with E-state index in [-0.39, 0.29) is 5.97 Å². The van der Waals surface area contributed by atoms with Crippen molar-refractivity contribution in [3.05, 3.63) is 60.2 Å². The van der Waals surface area contributed by atoms with Crippen LogP contribution in [0.15, 0.2) is 54.6 Å². The van der Waals surface area contributed by atoms with Crippen molar-refractivity contribution < 1.29 is 14.3 Å². The van der Waals surface area contributed by atoms with Crippen molar-refractivity contribution in [3.8, 4) is 11.5 Å². The molecule has 0 aromatic heterocycles. The molecule has 0 aliphatic heterocycles. The molecular weight excluding hydrogens is 300 g/mol. The Balaban J connectivity index is 1.87. The van der Waals surface area contributed by atoms with Crippen molar-refractivity contribution in [1.82, 2.24) is 0 Å². The highest BCUT2D eigenvalue weighted by molar-refractivity contribution is 5.85. The average Bonchev–Trinajstić information content (AvgIpc) is 2.64. The van der Waals surface area contributed by atoms with Crippen LogP contribution in [0.2, 0.25) is 0 Å². The molecule has 0 radical (unpaired) electrons. The van der Waals surface area contributed by atoms with Crippen molar-refractivity contribution in [2.75, 3.05) is 6.61 Å². The van der Waals surface area contributed by atoms with Crippen LogP contribution in [-0.2, 0) is 10.2 Å². The lowest BCUT2D eigenvalue weighted by molar-refractivity contribution is -0.142. The standard InChI is InChI=1S/C21H24O3/c1-2-23-18-13-11-17(12-14-18)21(15-7-4-8-16-21)20(22)24-19-9-5-3-6-10-19/h3,5-6,9-14H,2,4,7-8,15-16H2,1H3. The van der Waals surface area contributed by atoms with Crippen LogP contribution in [0.4, 0.5) is 0 Å². The van der Waals surface area contributed by atoms with Crippen molar-refractivity contribution in [3.63, 3.8) is 0 Å². The largest absolute Gasteiger partial charge is 0.494 e. The zero-order valence-electron chi connectivity index (χ0n) is 14.2. The van der Waals surface area contributed by atoms with E-state index >= 15 is 0 Å². The lowest BCUT2D eigenvalue weighted by Gasteiger charge is -2.35. The molecule has 0 atom stereocenters. The van der Waals surface area contributed by atoms with Crippen molar-refractivity contribution in [2.45, 2.75) is 44.4 Å². The van der Waals surface area contributed by atoms with Gasteiger partial charge in [0.1, 0.15) is 11.5 Å². The molecule has 3 nitrogen and oxygen atoms in total. The van der Waals surface area contributed by atoms with Crippen LogP contribution >= 0.6 is 0 Å². The number of ether oxygens (including phenoxy) is 2. The van der Waals surface area contributed by atoms with Crippen LogP contribution in [0.3, 0.4) is 0 Å². The minimum Gasteiger partial charge on any atom is -0.494 e. The second-order valence-electron chi connectivity index (χ2n) is 6.30. The Morgan fingerprint density at radius 1 is 0.917 bits per heavy atom. The molecule has 0 spiro atoms. The zero-order valence-corrected chi connectivity index (χ0v) is 14.2. The number of hydrogen-bond acceptors (Lipinski definition) is 3. The lowest BCUT2D eigenvalue weighted by atomic mass is 9.69. The van der Waals surface area contributed by atoms with Gasteiger partial charge in [0.25, 0.3) is 0 Å². The number of esters is 1. The number of carbonyl (C=O) groups excluding carboxylic acids is 1. The van der Waals surface area contributed by atoms with Gasteiger partial charge in [-0.1, -0.05) is 49.6 Å². The summed E-state index contributed by atoms with van der Waals surface area (Å²) in [5.41, 5.74) is 0.491. The Morgan fingerprint density at radius 2 is 1.58 bits per heavy atom. The maximum Gasteiger partial charge on any atom is 0.321 e. The molecule has 2 aromatic carbocycles. The van der Waals surface area contributed by atoms with Gasteiger partial charge in [0.05, 0.1) is 12.0 Å². The van der Waals surface area contributed by atoms with Crippen LogP contribution in [0.25, 0.3) is 0 Å². The normalized spacial score (nSPS) is 16.4. The number of para-hydroxylation sites is 1. The molecule has 2 aromatic rings. The first-order chi connectivity index (χ1) is 11.7. The molecule has 0 amide bonds. The second kappa shape index (κ2) is 7.52. The van der Waals surface area contributed by atoms with Gasteiger partial charge in [0, 0.05) is 0 Å². The molecule has 0 bridgehead atoms. The van der Waals surface area contributed by atoms with E-state index in [0.29, 0.717) is 12.4 Å². The molecule has 3 heteroatoms. The highest BCUT2D eigenvalue weighted by Crippen LogP contribution is 2.41. The maximum absolute atomic E-state index is 13.0. The topological polar surface area (TPSA) is 35.5 Å². The van der Waals surface area contributed by atoms with Crippen molar-refractivity contribution in [2.24, 2.45) is 0 Å². The fraction of sp³-hybridized carbons (Fsp3) is 0.381. The van der Waals surface area contributed by atoms with Gasteiger partial charge in [-0.05, 0) is 49.6 Å². The summed E-state index contributed by atoms with van der Waals surface area (Å²) in [5.74, 6) is 1.31. The highest BCUT2D eigenvalue weighted by Gasteiger charge is 2.42. The number of benzene rings is 2. The van der Waals surface area contributed by atoms with Crippen LogP contribution in [0.5, 0.6) is 11.5 Å². The molecular formula is C21H24O3. The lowest BCUT2D eigenvalue weighted by Crippen LogP contribution is -2.41. The van der Waals surface area contributed by atoms with Gasteiger partial charge in [-0.25, -0.2) is 0 Å². The molecule has 1 fully saturated rings. The summed E-state index contributed by atoms with van der Waals surface area (Å²) in [5, 5.41) is 0. The average molecular weight is 324 g/mol. The van der Waals surface area contributed by atoms with E-state index in [9.17, 15) is 4.79 Å². The SMILES string of the molecule is CCOc1ccc(C2(C(=O)Oc3ccccc3)CCCCC2)cc1. The third-order valence-corrected chi connectivity index (χ3v) is 4.77. The number of hydrogen-bond donors (Lipinski definition) is 0. The van der Waals surface area contributed by atoms with E-state index in [1.54, 1.807) is 0 Å². The van der Waals surface area contributed by atoms with Crippen LogP contribution < -0.4 is 9.47 Å². The molecule has 0 unspecified atom stereocenters. The van der Waals surface area contributed by atoms with Crippen LogP contribution in [0.1, 0.15) is 44.6 Å². The quantitative estimate of drug-likeness (QED) is 0.580. The summed E-state index contributed by atoms with van der Waals surface area (Å²) < 4.78 is 11.2. The molecule has 0 saturated heterocycles. The van der Waals surface area contributed by atoms with Gasteiger partial charge >= 0.3 is 5.97 Å². The van der Waals surface area contributed by atoms with E-state index in [2.05, 4.69) is 0 Å². The van der Waals surface area contributed by atoms with E-state index in [0.717, 1.165) is 37.0 Å². The minimum atomic E-state index is -0.543. The molecule has 126 valence electrons. The Hall–Kier alpha value is -2.29. The van der Waals surface area contributed by atoms with Gasteiger partial charge in [0.2, 0.25) is 0 Å². The monoisotopic (exact) mass is 324 g/mol. The third kappa shape index (κ3) is 3.45. The number of rotatable bonds is 5. The first kappa shape index (κ1) is 16.6. The highest BCUT2D eigenvalue weighted by atomic mass is 16.5. The first-order valence-corrected chi connectivity index (χ1v) is 8.75. The molecule has 1 saturated carbocycles. The summed E-state index contributed by atoms with van der Waals surface area (Å²) in [6.07, 6.45) is 4.96. The van der Waals surface area contributed by atoms with E-state index < -0.39 is 5.41 Å². The number of carbonyl (C=O) groups is 1. The van der Waals surface area contributed by atoms with Gasteiger partial charge < -0.3 is 9.47 Å². The summed E-state index contributed by atoms with van der Waals surface area (Å²) in [7, 11) is 0. The van der Waals surface area contributed by atoms with Crippen LogP contribution in [-0.4, -0.2) is 12.6 Å². The Labute approximate surface area is 143 Å². The van der Waals surface area contributed by atoms with Crippen molar-refractivity contribution in [1.29, 1.82) is 0 Å². The van der Waals surface area contributed by atoms with E-state index in [4.69, 9.17) is 9.47 Å². The molecule has 24 heavy (non-hydrogen) atoms. The van der Waals surface area contributed by atoms with Crippen molar-refractivity contribution >= 4 is 5.97 Å². The predicted molar refractivity (Wildman–Crippen MR) is 94.5 cm³/mol. The molecule has 1 aliphatic rings. The van der Waals surface area contributed by atoms with Gasteiger partial charge in [-0.3, -0.25) is 4.79 Å². The summed E-state index contributed by atoms with van der Waals surface area (Å²) in [6.45, 7) is 2.61. The summed E-state index contributed by atoms with van der Waals surface area (Å²) >= 11 is 0. The maximum atomic E-state index is 13.0. The van der Waals surface area contributed by atoms with E-state index in [1.165, 1.54) is 6.42 Å². The summed E-state index contributed by atoms with van der Waals surface area (Å²) in [6, 6.07) is 17.3. The van der Waals surface area contributed by atoms with Gasteiger partial charge in [0.15, 0.2) is 0 Å². The molecule has 0 N–H and O–H groups in total. The predicted octanol–water partition coefficient (Wildman–Crippen LogP) is 4.89. The van der Waals surface area contributed by atoms with E-state index in [1.807, 2.05) is 61.5 Å². The molecule has 1 aliphatic carbocycles. The smallest absolute Gasteiger partial charge is 0.321 e. The van der Waals surface area contributed by atoms with Gasteiger partial charge in [-0.2, -0.15) is 0 Å². The zero-order chi connectivity index (χ0) is 16.8. The molecule has 0 heterocycles. The van der Waals surface area contributed by atoms with Gasteiger partial charge in [-0.15, -0.1) is 0 Å². The minimum absolute atomic E-state index is 0.141.